The number of ether oxygens (including phenoxy) is 1. The summed E-state index contributed by atoms with van der Waals surface area (Å²) in [6, 6.07) is 5.58. The molecule has 2 rings (SSSR count). The number of rotatable bonds is 5. The van der Waals surface area contributed by atoms with E-state index in [4.69, 9.17) is 4.74 Å². The SMILES string of the molecule is COc1c(C)ccc(NCc2csc([N+](=O)[O-])c2)c1C. The third-order valence-corrected chi connectivity index (χ3v) is 4.04. The van der Waals surface area contributed by atoms with Crippen LogP contribution in [0.5, 0.6) is 5.75 Å². The maximum atomic E-state index is 10.6. The van der Waals surface area contributed by atoms with E-state index < -0.39 is 0 Å². The van der Waals surface area contributed by atoms with Crippen molar-refractivity contribution in [3.8, 4) is 5.75 Å². The Kier molecular flexibility index (Phi) is 4.24. The summed E-state index contributed by atoms with van der Waals surface area (Å²) in [7, 11) is 1.65. The lowest BCUT2D eigenvalue weighted by Gasteiger charge is -2.14. The molecule has 106 valence electrons. The van der Waals surface area contributed by atoms with E-state index in [1.807, 2.05) is 26.0 Å². The molecule has 1 N–H and O–H groups in total. The molecule has 0 radical (unpaired) electrons. The zero-order valence-electron chi connectivity index (χ0n) is 11.6. The molecule has 0 saturated carbocycles. The van der Waals surface area contributed by atoms with Gasteiger partial charge in [0.25, 0.3) is 0 Å². The molecule has 1 heterocycles. The smallest absolute Gasteiger partial charge is 0.324 e. The summed E-state index contributed by atoms with van der Waals surface area (Å²) in [5.74, 6) is 0.867. The van der Waals surface area contributed by atoms with Crippen LogP contribution in [0.15, 0.2) is 23.6 Å². The Hall–Kier alpha value is -2.08. The van der Waals surface area contributed by atoms with Crippen LogP contribution in [0.1, 0.15) is 16.7 Å². The molecule has 20 heavy (non-hydrogen) atoms. The van der Waals surface area contributed by atoms with E-state index in [9.17, 15) is 10.1 Å². The van der Waals surface area contributed by atoms with Gasteiger partial charge in [-0.25, -0.2) is 0 Å². The third kappa shape index (κ3) is 2.91. The third-order valence-electron chi connectivity index (χ3n) is 3.11. The lowest BCUT2D eigenvalue weighted by molar-refractivity contribution is -0.380. The van der Waals surface area contributed by atoms with Crippen molar-refractivity contribution < 1.29 is 9.66 Å². The molecule has 6 heteroatoms. The fraction of sp³-hybridized carbons (Fsp3) is 0.286. The number of hydrogen-bond acceptors (Lipinski definition) is 5. The summed E-state index contributed by atoms with van der Waals surface area (Å²) >= 11 is 1.14. The van der Waals surface area contributed by atoms with Crippen molar-refractivity contribution in [2.75, 3.05) is 12.4 Å². The van der Waals surface area contributed by atoms with Crippen molar-refractivity contribution in [2.24, 2.45) is 0 Å². The van der Waals surface area contributed by atoms with Crippen LogP contribution in [-0.4, -0.2) is 12.0 Å². The van der Waals surface area contributed by atoms with Gasteiger partial charge >= 0.3 is 5.00 Å². The van der Waals surface area contributed by atoms with Gasteiger partial charge in [0.15, 0.2) is 0 Å². The van der Waals surface area contributed by atoms with Gasteiger partial charge < -0.3 is 10.1 Å². The number of nitrogens with zero attached hydrogens (tertiary/aromatic N) is 1. The summed E-state index contributed by atoms with van der Waals surface area (Å²) in [6.07, 6.45) is 0. The molecule has 0 saturated heterocycles. The minimum absolute atomic E-state index is 0.167. The Balaban J connectivity index is 2.12. The molecule has 0 bridgehead atoms. The first-order valence-corrected chi connectivity index (χ1v) is 7.00. The molecular formula is C14H16N2O3S. The highest BCUT2D eigenvalue weighted by atomic mass is 32.1. The molecule has 5 nitrogen and oxygen atoms in total. The van der Waals surface area contributed by atoms with Gasteiger partial charge in [0.05, 0.1) is 12.0 Å². The van der Waals surface area contributed by atoms with E-state index >= 15 is 0 Å². The lowest BCUT2D eigenvalue weighted by atomic mass is 10.1. The highest BCUT2D eigenvalue weighted by molar-refractivity contribution is 7.13. The largest absolute Gasteiger partial charge is 0.496 e. The van der Waals surface area contributed by atoms with Gasteiger partial charge in [-0.15, -0.1) is 0 Å². The van der Waals surface area contributed by atoms with Gasteiger partial charge in [-0.1, -0.05) is 17.4 Å². The van der Waals surface area contributed by atoms with Gasteiger partial charge in [-0.2, -0.15) is 0 Å². The number of methoxy groups -OCH3 is 1. The minimum Gasteiger partial charge on any atom is -0.496 e. The van der Waals surface area contributed by atoms with Crippen molar-refractivity contribution >= 4 is 22.0 Å². The second kappa shape index (κ2) is 5.92. The van der Waals surface area contributed by atoms with Crippen LogP contribution < -0.4 is 10.1 Å². The summed E-state index contributed by atoms with van der Waals surface area (Å²) in [5.41, 5.74) is 4.00. The maximum Gasteiger partial charge on any atom is 0.324 e. The van der Waals surface area contributed by atoms with Gasteiger partial charge in [0.2, 0.25) is 0 Å². The molecule has 1 aromatic carbocycles. The number of thiophene rings is 1. The number of hydrogen-bond donors (Lipinski definition) is 1. The lowest BCUT2D eigenvalue weighted by Crippen LogP contribution is -2.02. The Morgan fingerprint density at radius 3 is 2.75 bits per heavy atom. The highest BCUT2D eigenvalue weighted by Gasteiger charge is 2.11. The van der Waals surface area contributed by atoms with E-state index in [1.165, 1.54) is 0 Å². The fourth-order valence-corrected chi connectivity index (χ4v) is 2.81. The fourth-order valence-electron chi connectivity index (χ4n) is 2.08. The molecule has 0 atom stereocenters. The Morgan fingerprint density at radius 2 is 2.15 bits per heavy atom. The molecule has 0 aliphatic heterocycles. The predicted molar refractivity (Wildman–Crippen MR) is 80.8 cm³/mol. The van der Waals surface area contributed by atoms with E-state index in [1.54, 1.807) is 18.6 Å². The molecule has 0 fully saturated rings. The van der Waals surface area contributed by atoms with Gasteiger partial charge in [-0.3, -0.25) is 10.1 Å². The van der Waals surface area contributed by atoms with E-state index in [2.05, 4.69) is 5.32 Å². The average molecular weight is 292 g/mol. The molecule has 0 unspecified atom stereocenters. The summed E-state index contributed by atoms with van der Waals surface area (Å²) in [6.45, 7) is 4.54. The Bertz CT molecular complexity index is 637. The Labute approximate surface area is 121 Å². The summed E-state index contributed by atoms with van der Waals surface area (Å²) in [5, 5.41) is 15.9. The van der Waals surface area contributed by atoms with Crippen LogP contribution in [0.2, 0.25) is 0 Å². The molecule has 1 aromatic heterocycles. The van der Waals surface area contributed by atoms with Crippen molar-refractivity contribution in [1.29, 1.82) is 0 Å². The first kappa shape index (κ1) is 14.3. The summed E-state index contributed by atoms with van der Waals surface area (Å²) < 4.78 is 5.38. The standard InChI is InChI=1S/C14H16N2O3S/c1-9-4-5-12(10(2)14(9)19-3)15-7-11-6-13(16(17)18)20-8-11/h4-6,8,15H,7H2,1-3H3. The number of aryl methyl sites for hydroxylation is 1. The second-order valence-corrected chi connectivity index (χ2v) is 5.38. The molecule has 2 aromatic rings. The zero-order chi connectivity index (χ0) is 14.7. The zero-order valence-corrected chi connectivity index (χ0v) is 12.4. The van der Waals surface area contributed by atoms with Crippen LogP contribution in [0.3, 0.4) is 0 Å². The maximum absolute atomic E-state index is 10.6. The van der Waals surface area contributed by atoms with E-state index in [-0.39, 0.29) is 9.92 Å². The van der Waals surface area contributed by atoms with Crippen molar-refractivity contribution in [1.82, 2.24) is 0 Å². The van der Waals surface area contributed by atoms with Crippen LogP contribution in [0.4, 0.5) is 10.7 Å². The minimum atomic E-state index is -0.367. The van der Waals surface area contributed by atoms with Crippen molar-refractivity contribution in [2.45, 2.75) is 20.4 Å². The topological polar surface area (TPSA) is 64.4 Å². The Morgan fingerprint density at radius 1 is 1.40 bits per heavy atom. The highest BCUT2D eigenvalue weighted by Crippen LogP contribution is 2.30. The van der Waals surface area contributed by atoms with Crippen LogP contribution in [-0.2, 0) is 6.54 Å². The number of nitrogens with one attached hydrogen (secondary N) is 1. The first-order chi connectivity index (χ1) is 9.52. The quantitative estimate of drug-likeness (QED) is 0.670. The summed E-state index contributed by atoms with van der Waals surface area (Å²) in [4.78, 5) is 10.3. The van der Waals surface area contributed by atoms with Gasteiger partial charge in [0.1, 0.15) is 5.75 Å². The number of anilines is 1. The van der Waals surface area contributed by atoms with Gasteiger partial charge in [-0.05, 0) is 31.0 Å². The van der Waals surface area contributed by atoms with Gasteiger partial charge in [0, 0.05) is 29.2 Å². The second-order valence-electron chi connectivity index (χ2n) is 4.49. The molecule has 0 aliphatic carbocycles. The van der Waals surface area contributed by atoms with Crippen LogP contribution in [0.25, 0.3) is 0 Å². The number of nitro groups is 1. The molecule has 0 aliphatic rings. The average Bonchev–Trinajstić information content (AvgIpc) is 2.87. The van der Waals surface area contributed by atoms with E-state index in [0.29, 0.717) is 6.54 Å². The monoisotopic (exact) mass is 292 g/mol. The van der Waals surface area contributed by atoms with Crippen LogP contribution in [0, 0.1) is 24.0 Å². The van der Waals surface area contributed by atoms with E-state index in [0.717, 1.165) is 39.5 Å². The molecule has 0 spiro atoms. The molecule has 0 amide bonds. The van der Waals surface area contributed by atoms with Crippen LogP contribution >= 0.6 is 11.3 Å². The normalized spacial score (nSPS) is 10.3. The first-order valence-electron chi connectivity index (χ1n) is 6.12. The number of benzene rings is 1. The predicted octanol–water partition coefficient (Wildman–Crippen LogP) is 3.89. The van der Waals surface area contributed by atoms with Crippen molar-refractivity contribution in [3.05, 3.63) is 50.4 Å². The molecular weight excluding hydrogens is 276 g/mol. The van der Waals surface area contributed by atoms with Crippen molar-refractivity contribution in [3.63, 3.8) is 0 Å².